The van der Waals surface area contributed by atoms with Crippen molar-refractivity contribution in [2.45, 2.75) is 11.3 Å². The largest absolute Gasteiger partial charge is 0.434 e. The maximum absolute atomic E-state index is 13.0. The molecule has 8 heteroatoms. The maximum Gasteiger partial charge on any atom is 0.313 e. The third-order valence-corrected chi connectivity index (χ3v) is 4.28. The Morgan fingerprint density at radius 3 is 2.25 bits per heavy atom. The van der Waals surface area contributed by atoms with Crippen molar-refractivity contribution in [1.29, 1.82) is 0 Å². The van der Waals surface area contributed by atoms with E-state index in [1.165, 1.54) is 18.2 Å². The highest BCUT2D eigenvalue weighted by atomic mass is 32.2. The summed E-state index contributed by atoms with van der Waals surface area (Å²) >= 11 is 0. The zero-order chi connectivity index (χ0) is 17.3. The molecule has 0 fully saturated rings. The molecule has 0 aliphatic heterocycles. The van der Waals surface area contributed by atoms with Crippen LogP contribution < -0.4 is 5.14 Å². The molecule has 2 aromatic carbocycles. The van der Waals surface area contributed by atoms with Gasteiger partial charge in [0.25, 0.3) is 5.89 Å². The fourth-order valence-corrected chi connectivity index (χ4v) is 3.04. The molecule has 0 amide bonds. The lowest BCUT2D eigenvalue weighted by Gasteiger charge is -2.06. The second-order valence-electron chi connectivity index (χ2n) is 4.94. The van der Waals surface area contributed by atoms with Crippen molar-refractivity contribution in [3.8, 4) is 22.6 Å². The van der Waals surface area contributed by atoms with E-state index in [-0.39, 0.29) is 21.9 Å². The predicted molar refractivity (Wildman–Crippen MR) is 83.7 cm³/mol. The van der Waals surface area contributed by atoms with Crippen molar-refractivity contribution in [2.24, 2.45) is 5.14 Å². The summed E-state index contributed by atoms with van der Waals surface area (Å²) in [6, 6.07) is 14.3. The highest BCUT2D eigenvalue weighted by Crippen LogP contribution is 2.37. The minimum atomic E-state index is -4.07. The summed E-state index contributed by atoms with van der Waals surface area (Å²) in [6.45, 7) is 0. The third kappa shape index (κ3) is 3.06. The van der Waals surface area contributed by atoms with Crippen molar-refractivity contribution in [1.82, 2.24) is 4.98 Å². The molecule has 3 aromatic rings. The monoisotopic (exact) mass is 350 g/mol. The second-order valence-corrected chi connectivity index (χ2v) is 6.47. The molecular weight excluding hydrogens is 338 g/mol. The number of oxazole rings is 1. The van der Waals surface area contributed by atoms with Gasteiger partial charge in [0.2, 0.25) is 10.0 Å². The Bertz CT molecular complexity index is 970. The first-order valence-corrected chi connectivity index (χ1v) is 8.39. The summed E-state index contributed by atoms with van der Waals surface area (Å²) in [5, 5.41) is 5.21. The Hall–Kier alpha value is -2.58. The van der Waals surface area contributed by atoms with E-state index in [2.05, 4.69) is 4.98 Å². The Balaban J connectivity index is 2.30. The van der Waals surface area contributed by atoms with Crippen LogP contribution in [0.1, 0.15) is 12.3 Å². The first-order valence-electron chi connectivity index (χ1n) is 6.84. The smallest absolute Gasteiger partial charge is 0.313 e. The summed E-state index contributed by atoms with van der Waals surface area (Å²) in [5.74, 6) is -0.853. The highest BCUT2D eigenvalue weighted by molar-refractivity contribution is 7.89. The van der Waals surface area contributed by atoms with Crippen molar-refractivity contribution in [2.75, 3.05) is 0 Å². The lowest BCUT2D eigenvalue weighted by molar-refractivity contribution is 0.116. The van der Waals surface area contributed by atoms with E-state index < -0.39 is 22.3 Å². The fraction of sp³-hybridized carbons (Fsp3) is 0.0625. The van der Waals surface area contributed by atoms with Crippen molar-refractivity contribution < 1.29 is 21.6 Å². The molecule has 124 valence electrons. The van der Waals surface area contributed by atoms with Crippen LogP contribution in [-0.4, -0.2) is 13.4 Å². The van der Waals surface area contributed by atoms with Crippen molar-refractivity contribution in [3.63, 3.8) is 0 Å². The molecule has 0 saturated carbocycles. The minimum absolute atomic E-state index is 0.0684. The van der Waals surface area contributed by atoms with Gasteiger partial charge in [0, 0.05) is 11.1 Å². The van der Waals surface area contributed by atoms with Gasteiger partial charge in [0.15, 0.2) is 5.76 Å². The molecule has 24 heavy (non-hydrogen) atoms. The van der Waals surface area contributed by atoms with Crippen LogP contribution in [0.25, 0.3) is 22.6 Å². The van der Waals surface area contributed by atoms with Crippen LogP contribution >= 0.6 is 0 Å². The molecule has 0 bridgehead atoms. The zero-order valence-corrected chi connectivity index (χ0v) is 13.0. The van der Waals surface area contributed by atoms with Gasteiger partial charge in [0.1, 0.15) is 5.69 Å². The van der Waals surface area contributed by atoms with E-state index in [1.807, 2.05) is 0 Å². The quantitative estimate of drug-likeness (QED) is 0.779. The summed E-state index contributed by atoms with van der Waals surface area (Å²) in [7, 11) is -4.07. The first-order chi connectivity index (χ1) is 11.4. The number of primary sulfonamides is 1. The minimum Gasteiger partial charge on any atom is -0.434 e. The van der Waals surface area contributed by atoms with Gasteiger partial charge >= 0.3 is 6.43 Å². The molecule has 0 atom stereocenters. The van der Waals surface area contributed by atoms with Crippen LogP contribution in [0.2, 0.25) is 0 Å². The van der Waals surface area contributed by atoms with Crippen molar-refractivity contribution >= 4 is 10.0 Å². The number of benzene rings is 2. The Kier molecular flexibility index (Phi) is 4.16. The predicted octanol–water partition coefficient (Wildman–Crippen LogP) is 3.59. The summed E-state index contributed by atoms with van der Waals surface area (Å²) in [6.07, 6.45) is -2.93. The molecule has 1 heterocycles. The Morgan fingerprint density at radius 2 is 1.62 bits per heavy atom. The average molecular weight is 350 g/mol. The van der Waals surface area contributed by atoms with Gasteiger partial charge in [0.05, 0.1) is 4.90 Å². The zero-order valence-electron chi connectivity index (χ0n) is 12.2. The normalized spacial score (nSPS) is 11.8. The van der Waals surface area contributed by atoms with E-state index in [9.17, 15) is 17.2 Å². The van der Waals surface area contributed by atoms with Gasteiger partial charge in [-0.3, -0.25) is 0 Å². The number of nitrogens with two attached hydrogens (primary N) is 1. The van der Waals surface area contributed by atoms with E-state index >= 15 is 0 Å². The van der Waals surface area contributed by atoms with Crippen molar-refractivity contribution in [3.05, 3.63) is 60.5 Å². The molecule has 0 saturated heterocycles. The lowest BCUT2D eigenvalue weighted by Crippen LogP contribution is -2.13. The molecule has 1 aromatic heterocycles. The van der Waals surface area contributed by atoms with Crippen LogP contribution in [0.4, 0.5) is 8.78 Å². The molecule has 0 spiro atoms. The number of halogens is 2. The van der Waals surface area contributed by atoms with Crippen LogP contribution in [0.15, 0.2) is 63.9 Å². The Morgan fingerprint density at radius 1 is 1.00 bits per heavy atom. The maximum atomic E-state index is 13.0. The second kappa shape index (κ2) is 6.14. The number of rotatable bonds is 4. The average Bonchev–Trinajstić information content (AvgIpc) is 3.00. The highest BCUT2D eigenvalue weighted by Gasteiger charge is 2.25. The summed E-state index contributed by atoms with van der Waals surface area (Å²) < 4.78 is 54.8. The number of aromatic nitrogens is 1. The number of nitrogens with zero attached hydrogens (tertiary/aromatic N) is 1. The molecule has 0 aliphatic rings. The van der Waals surface area contributed by atoms with Crippen LogP contribution in [0.5, 0.6) is 0 Å². The molecule has 3 rings (SSSR count). The van der Waals surface area contributed by atoms with Gasteiger partial charge < -0.3 is 4.42 Å². The van der Waals surface area contributed by atoms with E-state index in [0.29, 0.717) is 5.56 Å². The first kappa shape index (κ1) is 16.3. The van der Waals surface area contributed by atoms with Crippen LogP contribution in [0, 0.1) is 0 Å². The Labute approximate surface area is 136 Å². The van der Waals surface area contributed by atoms with Gasteiger partial charge in [-0.15, -0.1) is 0 Å². The SMILES string of the molecule is NS(=O)(=O)c1ccccc1-c1oc(C(F)F)nc1-c1ccccc1. The van der Waals surface area contributed by atoms with E-state index in [0.717, 1.165) is 0 Å². The molecule has 0 aliphatic carbocycles. The van der Waals surface area contributed by atoms with E-state index in [1.54, 1.807) is 36.4 Å². The van der Waals surface area contributed by atoms with Gasteiger partial charge in [-0.1, -0.05) is 42.5 Å². The molecule has 5 nitrogen and oxygen atoms in total. The van der Waals surface area contributed by atoms with Gasteiger partial charge in [-0.05, 0) is 12.1 Å². The molecule has 0 unspecified atom stereocenters. The lowest BCUT2D eigenvalue weighted by atomic mass is 10.1. The van der Waals surface area contributed by atoms with E-state index in [4.69, 9.17) is 9.56 Å². The van der Waals surface area contributed by atoms with Crippen LogP contribution in [-0.2, 0) is 10.0 Å². The summed E-state index contributed by atoms with van der Waals surface area (Å²) in [5.41, 5.74) is 0.729. The number of sulfonamides is 1. The van der Waals surface area contributed by atoms with Gasteiger partial charge in [-0.25, -0.2) is 18.5 Å². The summed E-state index contributed by atoms with van der Waals surface area (Å²) in [4.78, 5) is 3.60. The molecule has 2 N–H and O–H groups in total. The fourth-order valence-electron chi connectivity index (χ4n) is 2.31. The number of hydrogen-bond donors (Lipinski definition) is 1. The van der Waals surface area contributed by atoms with Crippen LogP contribution in [0.3, 0.4) is 0 Å². The number of alkyl halides is 2. The standard InChI is InChI=1S/C16H12F2N2O3S/c17-15(18)16-20-13(10-6-2-1-3-7-10)14(23-16)11-8-4-5-9-12(11)24(19,21)22/h1-9,15H,(H2,19,21,22). The van der Waals surface area contributed by atoms with Gasteiger partial charge in [-0.2, -0.15) is 8.78 Å². The molecule has 0 radical (unpaired) electrons. The number of hydrogen-bond acceptors (Lipinski definition) is 4. The topological polar surface area (TPSA) is 86.2 Å². The third-order valence-electron chi connectivity index (χ3n) is 3.32. The molecular formula is C16H12F2N2O3S.